The lowest BCUT2D eigenvalue weighted by atomic mass is 10.0. The second-order valence-electron chi connectivity index (χ2n) is 8.41. The number of carbonyl (C=O) groups is 2. The van der Waals surface area contributed by atoms with E-state index in [0.717, 1.165) is 16.7 Å². The number of benzene rings is 2. The average Bonchev–Trinajstić information content (AvgIpc) is 3.26. The van der Waals surface area contributed by atoms with E-state index in [0.29, 0.717) is 25.6 Å². The van der Waals surface area contributed by atoms with Gasteiger partial charge in [0.2, 0.25) is 11.8 Å². The number of carbonyl (C=O) groups excluding carboxylic acids is 2. The Labute approximate surface area is 190 Å². The van der Waals surface area contributed by atoms with Crippen molar-refractivity contribution in [3.63, 3.8) is 0 Å². The van der Waals surface area contributed by atoms with Gasteiger partial charge in [-0.25, -0.2) is 0 Å². The summed E-state index contributed by atoms with van der Waals surface area (Å²) in [5.41, 5.74) is 2.35. The van der Waals surface area contributed by atoms with E-state index in [4.69, 9.17) is 0 Å². The van der Waals surface area contributed by atoms with Gasteiger partial charge >= 0.3 is 0 Å². The first kappa shape index (κ1) is 23.3. The van der Waals surface area contributed by atoms with Crippen LogP contribution in [0.5, 0.6) is 0 Å². The van der Waals surface area contributed by atoms with Gasteiger partial charge in [0.25, 0.3) is 0 Å². The molecule has 0 bridgehead atoms. The molecule has 7 nitrogen and oxygen atoms in total. The third-order valence-electron chi connectivity index (χ3n) is 5.76. The third-order valence-corrected chi connectivity index (χ3v) is 5.76. The molecule has 0 radical (unpaired) electrons. The van der Waals surface area contributed by atoms with Crippen molar-refractivity contribution in [2.45, 2.75) is 45.8 Å². The zero-order valence-electron chi connectivity index (χ0n) is 19.2. The number of nitrogens with one attached hydrogen (secondary N) is 4. The van der Waals surface area contributed by atoms with E-state index in [1.165, 1.54) is 0 Å². The first-order valence-corrected chi connectivity index (χ1v) is 11.0. The highest BCUT2D eigenvalue weighted by Gasteiger charge is 2.35. The van der Waals surface area contributed by atoms with E-state index >= 15 is 0 Å². The van der Waals surface area contributed by atoms with Crippen molar-refractivity contribution in [1.82, 2.24) is 26.2 Å². The number of amides is 2. The molecule has 0 aliphatic carbocycles. The Morgan fingerprint density at radius 3 is 2.47 bits per heavy atom. The minimum absolute atomic E-state index is 0.0822. The maximum Gasteiger partial charge on any atom is 0.247 e. The highest BCUT2D eigenvalue weighted by atomic mass is 16.2. The largest absolute Gasteiger partial charge is 0.353 e. The van der Waals surface area contributed by atoms with Crippen molar-refractivity contribution in [3.05, 3.63) is 83.3 Å². The van der Waals surface area contributed by atoms with Crippen molar-refractivity contribution >= 4 is 11.8 Å². The number of hydrogen-bond acceptors (Lipinski definition) is 5. The van der Waals surface area contributed by atoms with Crippen LogP contribution in [0.1, 0.15) is 43.5 Å². The van der Waals surface area contributed by atoms with Gasteiger partial charge in [-0.15, -0.1) is 0 Å². The molecule has 0 unspecified atom stereocenters. The quantitative estimate of drug-likeness (QED) is 0.486. The lowest BCUT2D eigenvalue weighted by Gasteiger charge is -2.33. The van der Waals surface area contributed by atoms with Crippen LogP contribution in [0.4, 0.5) is 0 Å². The summed E-state index contributed by atoms with van der Waals surface area (Å²) in [7, 11) is 0. The molecule has 2 aromatic carbocycles. The molecular formula is C25H33N5O2. The van der Waals surface area contributed by atoms with Gasteiger partial charge in [-0.1, -0.05) is 61.5 Å². The lowest BCUT2D eigenvalue weighted by Crippen LogP contribution is -2.53. The average molecular weight is 436 g/mol. The normalized spacial score (nSPS) is 14.4. The Morgan fingerprint density at radius 1 is 1.09 bits per heavy atom. The fourth-order valence-corrected chi connectivity index (χ4v) is 3.60. The zero-order chi connectivity index (χ0) is 23.1. The molecule has 32 heavy (non-hydrogen) atoms. The predicted octanol–water partition coefficient (Wildman–Crippen LogP) is 2.52. The van der Waals surface area contributed by atoms with Crippen LogP contribution in [0, 0.1) is 6.92 Å². The predicted molar refractivity (Wildman–Crippen MR) is 126 cm³/mol. The van der Waals surface area contributed by atoms with Crippen LogP contribution in [-0.4, -0.2) is 35.5 Å². The van der Waals surface area contributed by atoms with Crippen molar-refractivity contribution in [2.24, 2.45) is 0 Å². The molecule has 0 spiro atoms. The summed E-state index contributed by atoms with van der Waals surface area (Å²) in [6.07, 6.45) is 1.79. The standard InChI is InChI=1S/C25H33N5O2/c1-5-26-22(19-12-7-6-8-13-19)23(31)29-21-16-30(17-28-21)25(3,4)24(32)27-15-20-14-10-9-11-18(20)2/h6-14,16,22,26,28H,5,15,17H2,1-4H3,(H,27,32)(H,29,31)/t22-/m0/s1. The smallest absolute Gasteiger partial charge is 0.247 e. The fourth-order valence-electron chi connectivity index (χ4n) is 3.60. The Bertz CT molecular complexity index is 971. The first-order valence-electron chi connectivity index (χ1n) is 11.0. The number of hydrogen-bond donors (Lipinski definition) is 4. The molecule has 1 aliphatic heterocycles. The summed E-state index contributed by atoms with van der Waals surface area (Å²) in [6.45, 7) is 9.31. The van der Waals surface area contributed by atoms with Gasteiger partial charge in [-0.2, -0.15) is 0 Å². The summed E-state index contributed by atoms with van der Waals surface area (Å²) in [5.74, 6) is 0.343. The Balaban J connectivity index is 1.63. The summed E-state index contributed by atoms with van der Waals surface area (Å²) in [4.78, 5) is 27.7. The molecular weight excluding hydrogens is 402 g/mol. The van der Waals surface area contributed by atoms with Crippen LogP contribution < -0.4 is 21.3 Å². The third kappa shape index (κ3) is 5.48. The molecule has 0 saturated carbocycles. The molecule has 0 aromatic heterocycles. The van der Waals surface area contributed by atoms with Crippen molar-refractivity contribution < 1.29 is 9.59 Å². The summed E-state index contributed by atoms with van der Waals surface area (Å²) in [5, 5.41) is 12.4. The molecule has 3 rings (SSSR count). The van der Waals surface area contributed by atoms with Crippen LogP contribution in [0.25, 0.3) is 0 Å². The fraction of sp³-hybridized carbons (Fsp3) is 0.360. The molecule has 2 aromatic rings. The molecule has 170 valence electrons. The minimum atomic E-state index is -0.789. The number of likely N-dealkylation sites (N-methyl/N-ethyl adjacent to an activating group) is 1. The van der Waals surface area contributed by atoms with Crippen LogP contribution in [0.15, 0.2) is 66.6 Å². The number of aryl methyl sites for hydroxylation is 1. The van der Waals surface area contributed by atoms with E-state index in [2.05, 4.69) is 21.3 Å². The molecule has 1 heterocycles. The van der Waals surface area contributed by atoms with Gasteiger partial charge in [-0.05, 0) is 44.0 Å². The van der Waals surface area contributed by atoms with Crippen molar-refractivity contribution in [3.8, 4) is 0 Å². The second-order valence-corrected chi connectivity index (χ2v) is 8.41. The Kier molecular flexibility index (Phi) is 7.53. The van der Waals surface area contributed by atoms with Crippen molar-refractivity contribution in [2.75, 3.05) is 13.2 Å². The van der Waals surface area contributed by atoms with Gasteiger partial charge in [0.1, 0.15) is 17.4 Å². The molecule has 4 N–H and O–H groups in total. The van der Waals surface area contributed by atoms with Gasteiger partial charge in [-0.3, -0.25) is 9.59 Å². The zero-order valence-corrected chi connectivity index (χ0v) is 19.2. The van der Waals surface area contributed by atoms with Gasteiger partial charge < -0.3 is 26.2 Å². The van der Waals surface area contributed by atoms with Crippen LogP contribution in [-0.2, 0) is 16.1 Å². The minimum Gasteiger partial charge on any atom is -0.353 e. The SMILES string of the molecule is CCN[C@H](C(=O)NC1=CN(C(C)(C)C(=O)NCc2ccccc2C)CN1)c1ccccc1. The molecule has 7 heteroatoms. The molecule has 1 aliphatic rings. The first-order chi connectivity index (χ1) is 15.3. The summed E-state index contributed by atoms with van der Waals surface area (Å²) < 4.78 is 0. The van der Waals surface area contributed by atoms with Crippen molar-refractivity contribution in [1.29, 1.82) is 0 Å². The van der Waals surface area contributed by atoms with E-state index in [-0.39, 0.29) is 11.8 Å². The van der Waals surface area contributed by atoms with E-state index < -0.39 is 11.6 Å². The van der Waals surface area contributed by atoms with E-state index in [1.807, 2.05) is 87.2 Å². The topological polar surface area (TPSA) is 85.5 Å². The Hall–Kier alpha value is -3.32. The highest BCUT2D eigenvalue weighted by molar-refractivity contribution is 5.86. The second kappa shape index (κ2) is 10.3. The van der Waals surface area contributed by atoms with Gasteiger partial charge in [0.05, 0.1) is 6.67 Å². The summed E-state index contributed by atoms with van der Waals surface area (Å²) in [6, 6.07) is 17.2. The van der Waals surface area contributed by atoms with E-state index in [9.17, 15) is 9.59 Å². The number of rotatable bonds is 9. The molecule has 2 amide bonds. The lowest BCUT2D eigenvalue weighted by molar-refractivity contribution is -0.130. The molecule has 0 fully saturated rings. The molecule has 0 saturated heterocycles. The van der Waals surface area contributed by atoms with Crippen LogP contribution >= 0.6 is 0 Å². The van der Waals surface area contributed by atoms with E-state index in [1.54, 1.807) is 6.20 Å². The number of nitrogens with zero attached hydrogens (tertiary/aromatic N) is 1. The summed E-state index contributed by atoms with van der Waals surface area (Å²) >= 11 is 0. The van der Waals surface area contributed by atoms with Crippen LogP contribution in [0.3, 0.4) is 0 Å². The molecule has 1 atom stereocenters. The monoisotopic (exact) mass is 435 g/mol. The van der Waals surface area contributed by atoms with Gasteiger partial charge in [0.15, 0.2) is 0 Å². The maximum absolute atomic E-state index is 12.9. The highest BCUT2D eigenvalue weighted by Crippen LogP contribution is 2.20. The van der Waals surface area contributed by atoms with Crippen LogP contribution in [0.2, 0.25) is 0 Å². The van der Waals surface area contributed by atoms with Gasteiger partial charge in [0, 0.05) is 12.7 Å². The maximum atomic E-state index is 12.9. The Morgan fingerprint density at radius 2 is 1.78 bits per heavy atom.